The van der Waals surface area contributed by atoms with Gasteiger partial charge in [0.25, 0.3) is 0 Å². The van der Waals surface area contributed by atoms with Crippen molar-refractivity contribution in [1.29, 1.82) is 0 Å². The number of carbonyl (C=O) groups is 1. The quantitative estimate of drug-likeness (QED) is 0.583. The minimum absolute atomic E-state index is 0.0713. The molecule has 0 aliphatic carbocycles. The summed E-state index contributed by atoms with van der Waals surface area (Å²) < 4.78 is 29.6. The van der Waals surface area contributed by atoms with Gasteiger partial charge < -0.3 is 14.8 Å². The van der Waals surface area contributed by atoms with Gasteiger partial charge in [0, 0.05) is 51.7 Å². The molecule has 1 fully saturated rings. The third-order valence-electron chi connectivity index (χ3n) is 5.92. The van der Waals surface area contributed by atoms with Crippen LogP contribution in [0.2, 0.25) is 0 Å². The highest BCUT2D eigenvalue weighted by Gasteiger charge is 2.20. The van der Waals surface area contributed by atoms with Gasteiger partial charge in [-0.2, -0.15) is 0 Å². The lowest BCUT2D eigenvalue weighted by atomic mass is 10.0. The van der Waals surface area contributed by atoms with Gasteiger partial charge >= 0.3 is 0 Å². The summed E-state index contributed by atoms with van der Waals surface area (Å²) in [7, 11) is 0. The molecule has 7 heteroatoms. The van der Waals surface area contributed by atoms with Crippen LogP contribution in [0.25, 0.3) is 0 Å². The van der Waals surface area contributed by atoms with E-state index >= 15 is 0 Å². The molecule has 0 unspecified atom stereocenters. The molecule has 1 saturated heterocycles. The molecule has 5 nitrogen and oxygen atoms in total. The van der Waals surface area contributed by atoms with E-state index in [2.05, 4.69) is 15.1 Å². The average molecular weight is 439 g/mol. The molecule has 1 aliphatic heterocycles. The standard InChI is InChI=1S/C25H28F2N4O/c26-21-7-5-6-20(18-21)24(30-11-3-4-12-30)19-25(32)28-10-13-29-14-16-31(17-15-29)23-9-2-1-8-22(23)27/h1-9,11-12,18,24H,10,13-17,19H2,(H,28,32)/t24-/m1/s1. The van der Waals surface area contributed by atoms with Gasteiger partial charge in [0.05, 0.1) is 18.2 Å². The second-order valence-corrected chi connectivity index (χ2v) is 8.04. The Kier molecular flexibility index (Phi) is 7.17. The zero-order valence-electron chi connectivity index (χ0n) is 18.0. The van der Waals surface area contributed by atoms with Crippen LogP contribution in [-0.4, -0.2) is 54.6 Å². The second kappa shape index (κ2) is 10.4. The molecule has 0 saturated carbocycles. The lowest BCUT2D eigenvalue weighted by Gasteiger charge is -2.36. The zero-order valence-corrected chi connectivity index (χ0v) is 18.0. The fraction of sp³-hybridized carbons (Fsp3) is 0.320. The van der Waals surface area contributed by atoms with Crippen LogP contribution in [0.1, 0.15) is 18.0 Å². The van der Waals surface area contributed by atoms with Gasteiger partial charge in [-0.3, -0.25) is 9.69 Å². The van der Waals surface area contributed by atoms with Crippen molar-refractivity contribution in [2.45, 2.75) is 12.5 Å². The Hall–Kier alpha value is -3.19. The van der Waals surface area contributed by atoms with Crippen LogP contribution < -0.4 is 10.2 Å². The highest BCUT2D eigenvalue weighted by Crippen LogP contribution is 2.23. The number of carbonyl (C=O) groups excluding carboxylic acids is 1. The lowest BCUT2D eigenvalue weighted by Crippen LogP contribution is -2.48. The predicted molar refractivity (Wildman–Crippen MR) is 122 cm³/mol. The number of para-hydroxylation sites is 1. The molecule has 1 amide bonds. The van der Waals surface area contributed by atoms with Crippen LogP contribution in [0.15, 0.2) is 73.1 Å². The predicted octanol–water partition coefficient (Wildman–Crippen LogP) is 3.68. The number of rotatable bonds is 8. The topological polar surface area (TPSA) is 40.5 Å². The molecule has 1 N–H and O–H groups in total. The highest BCUT2D eigenvalue weighted by atomic mass is 19.1. The number of nitrogens with one attached hydrogen (secondary N) is 1. The number of hydrogen-bond donors (Lipinski definition) is 1. The minimum atomic E-state index is -0.311. The van der Waals surface area contributed by atoms with E-state index in [1.165, 1.54) is 18.2 Å². The van der Waals surface area contributed by atoms with Crippen LogP contribution >= 0.6 is 0 Å². The SMILES string of the molecule is O=C(C[C@H](c1cccc(F)c1)n1cccc1)NCCN1CCN(c2ccccc2F)CC1. The van der Waals surface area contributed by atoms with Crippen LogP contribution in [0.3, 0.4) is 0 Å². The van der Waals surface area contributed by atoms with Crippen molar-refractivity contribution < 1.29 is 13.6 Å². The van der Waals surface area contributed by atoms with Gasteiger partial charge in [0.1, 0.15) is 11.6 Å². The van der Waals surface area contributed by atoms with Crippen molar-refractivity contribution in [2.24, 2.45) is 0 Å². The van der Waals surface area contributed by atoms with Gasteiger partial charge in [-0.15, -0.1) is 0 Å². The van der Waals surface area contributed by atoms with E-state index in [4.69, 9.17) is 0 Å². The average Bonchev–Trinajstić information content (AvgIpc) is 3.33. The number of benzene rings is 2. The van der Waals surface area contributed by atoms with Crippen molar-refractivity contribution in [2.75, 3.05) is 44.2 Å². The Morgan fingerprint density at radius 1 is 0.938 bits per heavy atom. The van der Waals surface area contributed by atoms with Crippen molar-refractivity contribution >= 4 is 11.6 Å². The fourth-order valence-corrected chi connectivity index (χ4v) is 4.19. The molecular weight excluding hydrogens is 410 g/mol. The molecule has 1 aliphatic rings. The van der Waals surface area contributed by atoms with Gasteiger partial charge in [-0.1, -0.05) is 24.3 Å². The van der Waals surface area contributed by atoms with Gasteiger partial charge in [-0.05, 0) is 42.0 Å². The highest BCUT2D eigenvalue weighted by molar-refractivity contribution is 5.76. The summed E-state index contributed by atoms with van der Waals surface area (Å²) in [5.41, 5.74) is 1.41. The van der Waals surface area contributed by atoms with Crippen LogP contribution in [-0.2, 0) is 4.79 Å². The Bertz CT molecular complexity index is 1020. The van der Waals surface area contributed by atoms with Crippen LogP contribution in [0, 0.1) is 11.6 Å². The van der Waals surface area contributed by atoms with E-state index in [0.717, 1.165) is 38.3 Å². The summed E-state index contributed by atoms with van der Waals surface area (Å²) in [6.07, 6.45) is 4.01. The molecule has 0 spiro atoms. The van der Waals surface area contributed by atoms with E-state index in [1.54, 1.807) is 12.1 Å². The normalized spacial score (nSPS) is 15.5. The number of piperazine rings is 1. The largest absolute Gasteiger partial charge is 0.367 e. The first-order valence-electron chi connectivity index (χ1n) is 11.0. The molecule has 0 bridgehead atoms. The lowest BCUT2D eigenvalue weighted by molar-refractivity contribution is -0.121. The Labute approximate surface area is 187 Å². The molecule has 32 heavy (non-hydrogen) atoms. The van der Waals surface area contributed by atoms with Crippen molar-refractivity contribution in [3.63, 3.8) is 0 Å². The monoisotopic (exact) mass is 438 g/mol. The van der Waals surface area contributed by atoms with E-state index < -0.39 is 0 Å². The summed E-state index contributed by atoms with van der Waals surface area (Å²) in [5.74, 6) is -0.573. The number of amides is 1. The molecule has 4 rings (SSSR count). The second-order valence-electron chi connectivity index (χ2n) is 8.04. The van der Waals surface area contributed by atoms with E-state index in [-0.39, 0.29) is 30.0 Å². The minimum Gasteiger partial charge on any atom is -0.367 e. The number of aromatic nitrogens is 1. The summed E-state index contributed by atoms with van der Waals surface area (Å²) >= 11 is 0. The number of halogens is 2. The maximum atomic E-state index is 14.0. The Morgan fingerprint density at radius 3 is 2.41 bits per heavy atom. The molecule has 3 aromatic rings. The molecule has 168 valence electrons. The van der Waals surface area contributed by atoms with Crippen molar-refractivity contribution in [3.8, 4) is 0 Å². The smallest absolute Gasteiger partial charge is 0.222 e. The number of anilines is 1. The van der Waals surface area contributed by atoms with Crippen LogP contribution in [0.5, 0.6) is 0 Å². The first-order chi connectivity index (χ1) is 15.6. The van der Waals surface area contributed by atoms with E-state index in [1.807, 2.05) is 47.3 Å². The maximum Gasteiger partial charge on any atom is 0.222 e. The summed E-state index contributed by atoms with van der Waals surface area (Å²) in [6.45, 7) is 4.43. The van der Waals surface area contributed by atoms with E-state index in [0.29, 0.717) is 12.2 Å². The third kappa shape index (κ3) is 5.53. The Morgan fingerprint density at radius 2 is 1.69 bits per heavy atom. The summed E-state index contributed by atoms with van der Waals surface area (Å²) in [5, 5.41) is 3.00. The van der Waals surface area contributed by atoms with Crippen molar-refractivity contribution in [1.82, 2.24) is 14.8 Å². The van der Waals surface area contributed by atoms with Crippen molar-refractivity contribution in [3.05, 3.63) is 90.3 Å². The molecular formula is C25H28F2N4O. The third-order valence-corrected chi connectivity index (χ3v) is 5.92. The first kappa shape index (κ1) is 22.0. The summed E-state index contributed by atoms with van der Waals surface area (Å²) in [4.78, 5) is 17.0. The van der Waals surface area contributed by atoms with Crippen LogP contribution in [0.4, 0.5) is 14.5 Å². The number of hydrogen-bond acceptors (Lipinski definition) is 3. The van der Waals surface area contributed by atoms with Gasteiger partial charge in [0.2, 0.25) is 5.91 Å². The fourth-order valence-electron chi connectivity index (χ4n) is 4.19. The molecule has 2 aromatic carbocycles. The maximum absolute atomic E-state index is 14.0. The summed E-state index contributed by atoms with van der Waals surface area (Å²) in [6, 6.07) is 16.8. The zero-order chi connectivity index (χ0) is 22.3. The molecule has 0 radical (unpaired) electrons. The number of nitrogens with zero attached hydrogens (tertiary/aromatic N) is 3. The Balaban J connectivity index is 1.25. The molecule has 1 atom stereocenters. The van der Waals surface area contributed by atoms with E-state index in [9.17, 15) is 13.6 Å². The first-order valence-corrected chi connectivity index (χ1v) is 11.0. The van der Waals surface area contributed by atoms with Gasteiger partial charge in [0.15, 0.2) is 0 Å². The molecule has 2 heterocycles. The molecule has 1 aromatic heterocycles. The van der Waals surface area contributed by atoms with Gasteiger partial charge in [-0.25, -0.2) is 8.78 Å².